The predicted octanol–water partition coefficient (Wildman–Crippen LogP) is 4.48. The molecule has 0 atom stereocenters. The molecule has 27 heavy (non-hydrogen) atoms. The Hall–Kier alpha value is -2.60. The molecule has 142 valence electrons. The minimum Gasteiger partial charge on any atom is -0.321 e. The van der Waals surface area contributed by atoms with E-state index in [9.17, 15) is 4.79 Å². The van der Waals surface area contributed by atoms with Gasteiger partial charge in [-0.15, -0.1) is 0 Å². The molecule has 0 saturated heterocycles. The number of amidine groups is 1. The Balaban J connectivity index is 2.17. The molecule has 2 rings (SSSR count). The molecule has 1 aromatic carbocycles. The number of carbonyl (C=O) groups is 1. The van der Waals surface area contributed by atoms with Gasteiger partial charge >= 0.3 is 0 Å². The van der Waals surface area contributed by atoms with E-state index < -0.39 is 0 Å². The van der Waals surface area contributed by atoms with Gasteiger partial charge in [-0.2, -0.15) is 5.10 Å². The zero-order valence-electron chi connectivity index (χ0n) is 16.3. The molecule has 1 amide bonds. The molecule has 2 N–H and O–H groups in total. The van der Waals surface area contributed by atoms with Crippen molar-refractivity contribution in [3.05, 3.63) is 72.1 Å². The lowest BCUT2D eigenvalue weighted by atomic mass is 9.87. The van der Waals surface area contributed by atoms with Crippen molar-refractivity contribution >= 4 is 27.7 Å². The van der Waals surface area contributed by atoms with E-state index >= 15 is 0 Å². The van der Waals surface area contributed by atoms with Gasteiger partial charge in [-0.05, 0) is 47.4 Å². The number of rotatable bonds is 4. The zero-order valence-corrected chi connectivity index (χ0v) is 17.1. The summed E-state index contributed by atoms with van der Waals surface area (Å²) in [5.41, 5.74) is 2.85. The molecule has 1 heterocycles. The van der Waals surface area contributed by atoms with E-state index in [0.29, 0.717) is 17.3 Å². The van der Waals surface area contributed by atoms with Crippen molar-refractivity contribution in [3.63, 3.8) is 0 Å². The summed E-state index contributed by atoms with van der Waals surface area (Å²) in [6.45, 7) is 13.0. The largest absolute Gasteiger partial charge is 0.321 e. The van der Waals surface area contributed by atoms with Crippen LogP contribution in [0.5, 0.6) is 0 Å². The van der Waals surface area contributed by atoms with E-state index in [4.69, 9.17) is 5.84 Å². The van der Waals surface area contributed by atoms with E-state index in [0.717, 1.165) is 10.5 Å². The Morgan fingerprint density at radius 3 is 2.22 bits per heavy atom. The Morgan fingerprint density at radius 2 is 1.74 bits per heavy atom. The number of amides is 1. The summed E-state index contributed by atoms with van der Waals surface area (Å²) >= 11 is 1.29. The summed E-state index contributed by atoms with van der Waals surface area (Å²) in [7, 11) is 0. The lowest BCUT2D eigenvalue weighted by Gasteiger charge is -2.22. The Kier molecular flexibility index (Phi) is 6.80. The van der Waals surface area contributed by atoms with E-state index in [1.54, 1.807) is 24.5 Å². The normalized spacial score (nSPS) is 11.9. The van der Waals surface area contributed by atoms with Crippen molar-refractivity contribution in [1.29, 1.82) is 0 Å². The number of hydrogen-bond donors (Lipinski definition) is 1. The van der Waals surface area contributed by atoms with Crippen molar-refractivity contribution in [1.82, 2.24) is 9.88 Å². The number of nitrogens with zero attached hydrogens (tertiary/aromatic N) is 3. The van der Waals surface area contributed by atoms with Crippen LogP contribution in [0.4, 0.5) is 0 Å². The molecule has 0 aliphatic carbocycles. The third kappa shape index (κ3) is 5.20. The molecule has 0 fully saturated rings. The maximum absolute atomic E-state index is 12.8. The van der Waals surface area contributed by atoms with Crippen molar-refractivity contribution in [2.45, 2.75) is 33.1 Å². The Bertz CT molecular complexity index is 824. The molecule has 0 spiro atoms. The summed E-state index contributed by atoms with van der Waals surface area (Å²) in [6, 6.07) is 11.6. The van der Waals surface area contributed by atoms with Gasteiger partial charge in [-0.1, -0.05) is 51.6 Å². The quantitative estimate of drug-likeness (QED) is 0.366. The summed E-state index contributed by atoms with van der Waals surface area (Å²) in [4.78, 5) is 19.0. The molecular formula is C21H26N4OS. The van der Waals surface area contributed by atoms with Gasteiger partial charge in [0.05, 0.1) is 0 Å². The highest BCUT2D eigenvalue weighted by molar-refractivity contribution is 8.21. The molecule has 2 aromatic rings. The second-order valence-electron chi connectivity index (χ2n) is 7.05. The molecule has 0 aliphatic heterocycles. The van der Waals surface area contributed by atoms with Gasteiger partial charge in [-0.3, -0.25) is 14.7 Å². The summed E-state index contributed by atoms with van der Waals surface area (Å²) < 4.78 is 0. The molecule has 5 nitrogen and oxygen atoms in total. The van der Waals surface area contributed by atoms with Crippen LogP contribution in [0.3, 0.4) is 0 Å². The molecule has 0 unspecified atom stereocenters. The van der Waals surface area contributed by atoms with Gasteiger partial charge in [0.1, 0.15) is 0 Å². The number of pyridine rings is 1. The van der Waals surface area contributed by atoms with Gasteiger partial charge < -0.3 is 5.84 Å². The number of hydrazone groups is 1. The molecule has 0 radical (unpaired) electrons. The first-order chi connectivity index (χ1) is 12.8. The maximum atomic E-state index is 12.8. The number of thioether (sulfide) groups is 1. The number of benzene rings is 1. The van der Waals surface area contributed by atoms with Gasteiger partial charge in [0.15, 0.2) is 5.17 Å². The molecule has 1 aromatic heterocycles. The topological polar surface area (TPSA) is 71.6 Å². The molecule has 0 saturated carbocycles. The minimum absolute atomic E-state index is 0.0901. The zero-order chi connectivity index (χ0) is 20.0. The summed E-state index contributed by atoms with van der Waals surface area (Å²) in [5.74, 6) is 5.42. The predicted molar refractivity (Wildman–Crippen MR) is 114 cm³/mol. The summed E-state index contributed by atoms with van der Waals surface area (Å²) in [5, 5.41) is 4.24. The highest BCUT2D eigenvalue weighted by atomic mass is 32.2. The van der Waals surface area contributed by atoms with Crippen LogP contribution in [-0.2, 0) is 5.41 Å². The SMILES string of the molecule is C=C(S/C(=N\N)N(CC)C(=O)c1ccncc1)c1ccc(C(C)(C)C)cc1. The van der Waals surface area contributed by atoms with Crippen molar-refractivity contribution in [2.24, 2.45) is 10.9 Å². The number of hydrogen-bond acceptors (Lipinski definition) is 5. The fourth-order valence-corrected chi connectivity index (χ4v) is 3.34. The average Bonchev–Trinajstić information content (AvgIpc) is 2.67. The molecular weight excluding hydrogens is 356 g/mol. The average molecular weight is 383 g/mol. The number of nitrogens with two attached hydrogens (primary N) is 1. The first kappa shape index (κ1) is 20.7. The Labute approximate surface area is 165 Å². The number of carbonyl (C=O) groups excluding carboxylic acids is 1. The van der Waals surface area contributed by atoms with Crippen LogP contribution in [0.15, 0.2) is 60.5 Å². The fraction of sp³-hybridized carbons (Fsp3) is 0.286. The number of aromatic nitrogens is 1. The minimum atomic E-state index is -0.174. The van der Waals surface area contributed by atoms with Crippen LogP contribution >= 0.6 is 11.8 Å². The smallest absolute Gasteiger partial charge is 0.259 e. The summed E-state index contributed by atoms with van der Waals surface area (Å²) in [6.07, 6.45) is 3.17. The molecule has 0 bridgehead atoms. The van der Waals surface area contributed by atoms with E-state index in [1.807, 2.05) is 19.1 Å². The van der Waals surface area contributed by atoms with E-state index in [1.165, 1.54) is 22.2 Å². The lowest BCUT2D eigenvalue weighted by Crippen LogP contribution is -2.35. The fourth-order valence-electron chi connectivity index (χ4n) is 2.49. The van der Waals surface area contributed by atoms with Crippen LogP contribution in [0.25, 0.3) is 4.91 Å². The van der Waals surface area contributed by atoms with Crippen LogP contribution in [0.1, 0.15) is 49.2 Å². The first-order valence-corrected chi connectivity index (χ1v) is 9.57. The van der Waals surface area contributed by atoms with Crippen LogP contribution in [0, 0.1) is 0 Å². The maximum Gasteiger partial charge on any atom is 0.259 e. The standard InChI is InChI=1S/C21H26N4OS/c1-6-25(19(26)17-11-13-23-14-12-17)20(24-22)27-15(2)16-7-9-18(10-8-16)21(3,4)5/h7-14H,2,6,22H2,1,3-5H3/b24-20-. The van der Waals surface area contributed by atoms with Crippen LogP contribution < -0.4 is 5.84 Å². The highest BCUT2D eigenvalue weighted by Gasteiger charge is 2.21. The third-order valence-corrected chi connectivity index (χ3v) is 5.11. The second kappa shape index (κ2) is 8.86. The van der Waals surface area contributed by atoms with Gasteiger partial charge in [0, 0.05) is 29.4 Å². The van der Waals surface area contributed by atoms with Crippen molar-refractivity contribution in [2.75, 3.05) is 6.54 Å². The van der Waals surface area contributed by atoms with Crippen LogP contribution in [-0.4, -0.2) is 27.5 Å². The van der Waals surface area contributed by atoms with Crippen molar-refractivity contribution in [3.8, 4) is 0 Å². The van der Waals surface area contributed by atoms with Crippen molar-refractivity contribution < 1.29 is 4.79 Å². The van der Waals surface area contributed by atoms with Gasteiger partial charge in [-0.25, -0.2) is 0 Å². The lowest BCUT2D eigenvalue weighted by molar-refractivity contribution is 0.0855. The first-order valence-electron chi connectivity index (χ1n) is 8.75. The van der Waals surface area contributed by atoms with E-state index in [-0.39, 0.29) is 11.3 Å². The third-order valence-electron chi connectivity index (χ3n) is 4.12. The second-order valence-corrected chi connectivity index (χ2v) is 8.11. The Morgan fingerprint density at radius 1 is 1.15 bits per heavy atom. The van der Waals surface area contributed by atoms with E-state index in [2.05, 4.69) is 49.6 Å². The molecule has 0 aliphatic rings. The monoisotopic (exact) mass is 382 g/mol. The van der Waals surface area contributed by atoms with Gasteiger partial charge in [0.2, 0.25) is 0 Å². The van der Waals surface area contributed by atoms with Gasteiger partial charge in [0.25, 0.3) is 5.91 Å². The molecule has 6 heteroatoms. The highest BCUT2D eigenvalue weighted by Crippen LogP contribution is 2.30. The van der Waals surface area contributed by atoms with Crippen LogP contribution in [0.2, 0.25) is 0 Å².